The van der Waals surface area contributed by atoms with Crippen molar-refractivity contribution in [3.05, 3.63) is 41.8 Å². The van der Waals surface area contributed by atoms with E-state index < -0.39 is 0 Å². The highest BCUT2D eigenvalue weighted by Crippen LogP contribution is 2.22. The molecule has 0 N–H and O–H groups in total. The van der Waals surface area contributed by atoms with Crippen molar-refractivity contribution in [2.75, 3.05) is 53.0 Å². The zero-order valence-electron chi connectivity index (χ0n) is 17.4. The Kier molecular flexibility index (Phi) is 6.86. The molecular weight excluding hydrogens is 386 g/mol. The van der Waals surface area contributed by atoms with Gasteiger partial charge >= 0.3 is 0 Å². The Bertz CT molecular complexity index is 834. The molecule has 162 valence electrons. The number of rotatable bonds is 7. The second-order valence-corrected chi connectivity index (χ2v) is 7.82. The van der Waals surface area contributed by atoms with Crippen LogP contribution in [-0.4, -0.2) is 73.9 Å². The SMILES string of the molecule is COc1cccc(OCc2cc(C(=O)N3CCC[C@H](CN4CCOCC4)C3)no2)c1. The van der Waals surface area contributed by atoms with Gasteiger partial charge in [-0.3, -0.25) is 9.69 Å². The second kappa shape index (κ2) is 9.95. The van der Waals surface area contributed by atoms with E-state index in [-0.39, 0.29) is 12.5 Å². The summed E-state index contributed by atoms with van der Waals surface area (Å²) in [5.41, 5.74) is 0.339. The number of hydrogen-bond donors (Lipinski definition) is 0. The summed E-state index contributed by atoms with van der Waals surface area (Å²) in [6.07, 6.45) is 2.17. The van der Waals surface area contributed by atoms with Gasteiger partial charge in [-0.2, -0.15) is 0 Å². The fraction of sp³-hybridized carbons (Fsp3) is 0.545. The molecule has 2 saturated heterocycles. The highest BCUT2D eigenvalue weighted by molar-refractivity contribution is 5.92. The molecule has 3 heterocycles. The molecule has 0 spiro atoms. The Labute approximate surface area is 176 Å². The lowest BCUT2D eigenvalue weighted by atomic mass is 9.97. The lowest BCUT2D eigenvalue weighted by molar-refractivity contribution is 0.0222. The van der Waals surface area contributed by atoms with Crippen LogP contribution in [0.1, 0.15) is 29.1 Å². The fourth-order valence-corrected chi connectivity index (χ4v) is 4.04. The van der Waals surface area contributed by atoms with Crippen LogP contribution in [0.15, 0.2) is 34.9 Å². The van der Waals surface area contributed by atoms with E-state index in [2.05, 4.69) is 10.1 Å². The fourth-order valence-electron chi connectivity index (χ4n) is 4.04. The molecule has 8 heteroatoms. The summed E-state index contributed by atoms with van der Waals surface area (Å²) in [4.78, 5) is 17.3. The number of piperidine rings is 1. The second-order valence-electron chi connectivity index (χ2n) is 7.82. The molecule has 1 atom stereocenters. The third-order valence-electron chi connectivity index (χ3n) is 5.63. The van der Waals surface area contributed by atoms with Gasteiger partial charge in [0.1, 0.15) is 18.1 Å². The van der Waals surface area contributed by atoms with Crippen molar-refractivity contribution in [2.24, 2.45) is 5.92 Å². The van der Waals surface area contributed by atoms with Gasteiger partial charge in [0.2, 0.25) is 0 Å². The van der Waals surface area contributed by atoms with E-state index in [1.807, 2.05) is 23.1 Å². The van der Waals surface area contributed by atoms with Crippen LogP contribution in [0.3, 0.4) is 0 Å². The summed E-state index contributed by atoms with van der Waals surface area (Å²) >= 11 is 0. The number of hydrogen-bond acceptors (Lipinski definition) is 7. The van der Waals surface area contributed by atoms with Gasteiger partial charge in [0.25, 0.3) is 5.91 Å². The van der Waals surface area contributed by atoms with E-state index in [1.165, 1.54) is 0 Å². The molecule has 2 fully saturated rings. The summed E-state index contributed by atoms with van der Waals surface area (Å²) in [7, 11) is 1.61. The van der Waals surface area contributed by atoms with E-state index in [4.69, 9.17) is 18.7 Å². The maximum Gasteiger partial charge on any atom is 0.276 e. The van der Waals surface area contributed by atoms with Crippen molar-refractivity contribution in [3.8, 4) is 11.5 Å². The van der Waals surface area contributed by atoms with Crippen molar-refractivity contribution in [3.63, 3.8) is 0 Å². The summed E-state index contributed by atoms with van der Waals surface area (Å²) in [5.74, 6) is 2.32. The lowest BCUT2D eigenvalue weighted by Gasteiger charge is -2.36. The van der Waals surface area contributed by atoms with Crippen LogP contribution >= 0.6 is 0 Å². The first-order valence-electron chi connectivity index (χ1n) is 10.5. The van der Waals surface area contributed by atoms with E-state index in [0.717, 1.165) is 64.5 Å². The molecule has 1 amide bonds. The standard InChI is InChI=1S/C22H29N3O5/c1-27-18-5-2-6-19(12-18)29-16-20-13-21(23-30-20)22(26)25-7-3-4-17(15-25)14-24-8-10-28-11-9-24/h2,5-6,12-13,17H,3-4,7-11,14-16H2,1H3/t17-/m1/s1. The monoisotopic (exact) mass is 415 g/mol. The van der Waals surface area contributed by atoms with E-state index in [9.17, 15) is 4.79 Å². The molecule has 30 heavy (non-hydrogen) atoms. The highest BCUT2D eigenvalue weighted by atomic mass is 16.5. The first-order valence-corrected chi connectivity index (χ1v) is 10.5. The van der Waals surface area contributed by atoms with Crippen LogP contribution in [0.5, 0.6) is 11.5 Å². The maximum absolute atomic E-state index is 12.9. The van der Waals surface area contributed by atoms with Crippen LogP contribution in [0.25, 0.3) is 0 Å². The number of ether oxygens (including phenoxy) is 3. The Hall–Kier alpha value is -2.58. The number of aromatic nitrogens is 1. The van der Waals surface area contributed by atoms with Gasteiger partial charge in [-0.05, 0) is 30.9 Å². The van der Waals surface area contributed by atoms with Gasteiger partial charge in [-0.1, -0.05) is 11.2 Å². The average Bonchev–Trinajstić information content (AvgIpc) is 3.27. The zero-order valence-corrected chi connectivity index (χ0v) is 17.4. The van der Waals surface area contributed by atoms with E-state index >= 15 is 0 Å². The van der Waals surface area contributed by atoms with Crippen LogP contribution in [0.2, 0.25) is 0 Å². The molecule has 2 aliphatic rings. The number of carbonyl (C=O) groups excluding carboxylic acids is 1. The average molecular weight is 415 g/mol. The third-order valence-corrected chi connectivity index (χ3v) is 5.63. The van der Waals surface area contributed by atoms with Crippen LogP contribution in [0.4, 0.5) is 0 Å². The minimum atomic E-state index is -0.0712. The maximum atomic E-state index is 12.9. The first kappa shape index (κ1) is 20.7. The first-order chi connectivity index (χ1) is 14.7. The number of amides is 1. The quantitative estimate of drug-likeness (QED) is 0.687. The lowest BCUT2D eigenvalue weighted by Crippen LogP contribution is -2.46. The number of morpholine rings is 1. The van der Waals surface area contributed by atoms with Gasteiger partial charge in [0, 0.05) is 44.9 Å². The Morgan fingerprint density at radius 1 is 1.20 bits per heavy atom. The minimum Gasteiger partial charge on any atom is -0.497 e. The number of nitrogens with zero attached hydrogens (tertiary/aromatic N) is 3. The van der Waals surface area contributed by atoms with Gasteiger partial charge in [0.05, 0.1) is 20.3 Å². The summed E-state index contributed by atoms with van der Waals surface area (Å²) in [6.45, 7) is 6.30. The van der Waals surface area contributed by atoms with Crippen molar-refractivity contribution < 1.29 is 23.5 Å². The molecule has 0 unspecified atom stereocenters. The Balaban J connectivity index is 1.30. The Morgan fingerprint density at radius 2 is 2.03 bits per heavy atom. The number of carbonyl (C=O) groups is 1. The van der Waals surface area contributed by atoms with Crippen LogP contribution in [0, 0.1) is 5.92 Å². The molecular formula is C22H29N3O5. The zero-order chi connectivity index (χ0) is 20.8. The molecule has 0 radical (unpaired) electrons. The van der Waals surface area contributed by atoms with E-state index in [0.29, 0.717) is 23.1 Å². The summed E-state index contributed by atoms with van der Waals surface area (Å²) in [6, 6.07) is 9.02. The smallest absolute Gasteiger partial charge is 0.276 e. The molecule has 2 aliphatic heterocycles. The molecule has 0 saturated carbocycles. The topological polar surface area (TPSA) is 77.3 Å². The van der Waals surface area contributed by atoms with Gasteiger partial charge in [0.15, 0.2) is 11.5 Å². The predicted molar refractivity (Wildman–Crippen MR) is 110 cm³/mol. The van der Waals surface area contributed by atoms with Gasteiger partial charge in [-0.15, -0.1) is 0 Å². The summed E-state index contributed by atoms with van der Waals surface area (Å²) < 4.78 is 21.7. The number of likely N-dealkylation sites (tertiary alicyclic amines) is 1. The van der Waals surface area contributed by atoms with Crippen LogP contribution in [-0.2, 0) is 11.3 Å². The molecule has 1 aromatic heterocycles. The van der Waals surface area contributed by atoms with Crippen molar-refractivity contribution in [1.29, 1.82) is 0 Å². The number of methoxy groups -OCH3 is 1. The molecule has 1 aromatic carbocycles. The molecule has 0 bridgehead atoms. The van der Waals surface area contributed by atoms with Crippen LogP contribution < -0.4 is 9.47 Å². The minimum absolute atomic E-state index is 0.0712. The molecule has 4 rings (SSSR count). The van der Waals surface area contributed by atoms with E-state index in [1.54, 1.807) is 19.2 Å². The number of benzene rings is 1. The summed E-state index contributed by atoms with van der Waals surface area (Å²) in [5, 5.41) is 3.98. The molecule has 2 aromatic rings. The highest BCUT2D eigenvalue weighted by Gasteiger charge is 2.28. The Morgan fingerprint density at radius 3 is 2.87 bits per heavy atom. The van der Waals surface area contributed by atoms with Crippen molar-refractivity contribution in [2.45, 2.75) is 19.4 Å². The normalized spacial score (nSPS) is 20.2. The predicted octanol–water partition coefficient (Wildman–Crippen LogP) is 2.45. The van der Waals surface area contributed by atoms with Gasteiger partial charge in [-0.25, -0.2) is 0 Å². The molecule has 8 nitrogen and oxygen atoms in total. The molecule has 0 aliphatic carbocycles. The van der Waals surface area contributed by atoms with Crippen molar-refractivity contribution in [1.82, 2.24) is 15.0 Å². The third kappa shape index (κ3) is 5.31. The largest absolute Gasteiger partial charge is 0.497 e. The van der Waals surface area contributed by atoms with Gasteiger partial charge < -0.3 is 23.6 Å². The van der Waals surface area contributed by atoms with Crippen molar-refractivity contribution >= 4 is 5.91 Å².